The zero-order valence-electron chi connectivity index (χ0n) is 12.4. The topological polar surface area (TPSA) is 73.9 Å². The average molecular weight is 299 g/mol. The quantitative estimate of drug-likeness (QED) is 0.491. The SMILES string of the molecule is C[n+]1ccn(CCCNC(=O)c2cc3c(O)cccc3[nH]2)c1. The first kappa shape index (κ1) is 14.2. The molecule has 0 spiro atoms. The van der Waals surface area contributed by atoms with E-state index in [9.17, 15) is 9.90 Å². The molecule has 0 aliphatic carbocycles. The number of nitrogens with one attached hydrogen (secondary N) is 2. The van der Waals surface area contributed by atoms with Crippen LogP contribution in [-0.4, -0.2) is 27.1 Å². The maximum absolute atomic E-state index is 12.1. The number of hydrogen-bond acceptors (Lipinski definition) is 2. The third kappa shape index (κ3) is 2.95. The van der Waals surface area contributed by atoms with Gasteiger partial charge in [0.15, 0.2) is 0 Å². The van der Waals surface area contributed by atoms with E-state index in [0.717, 1.165) is 18.5 Å². The monoisotopic (exact) mass is 299 g/mol. The first-order chi connectivity index (χ1) is 10.6. The number of H-pyrrole nitrogens is 1. The summed E-state index contributed by atoms with van der Waals surface area (Å²) >= 11 is 0. The minimum Gasteiger partial charge on any atom is -0.507 e. The third-order valence-electron chi connectivity index (χ3n) is 3.59. The summed E-state index contributed by atoms with van der Waals surface area (Å²) in [5, 5.41) is 13.3. The minimum atomic E-state index is -0.159. The van der Waals surface area contributed by atoms with Crippen LogP contribution in [0.15, 0.2) is 43.0 Å². The van der Waals surface area contributed by atoms with Crippen LogP contribution >= 0.6 is 0 Å². The summed E-state index contributed by atoms with van der Waals surface area (Å²) in [6.45, 7) is 1.46. The summed E-state index contributed by atoms with van der Waals surface area (Å²) in [7, 11) is 1.98. The van der Waals surface area contributed by atoms with Gasteiger partial charge in [0.05, 0.1) is 13.6 Å². The van der Waals surface area contributed by atoms with E-state index < -0.39 is 0 Å². The lowest BCUT2D eigenvalue weighted by Gasteiger charge is -2.02. The molecule has 0 saturated heterocycles. The highest BCUT2D eigenvalue weighted by Crippen LogP contribution is 2.24. The Morgan fingerprint density at radius 1 is 1.45 bits per heavy atom. The standard InChI is InChI=1S/C16H18N4O2/c1-19-8-9-20(11-19)7-3-6-17-16(22)14-10-12-13(18-14)4-2-5-15(12)21/h2,4-5,8-11H,3,6-7H2,1H3,(H2-,17,18,21,22)/p+1. The summed E-state index contributed by atoms with van der Waals surface area (Å²) in [6, 6.07) is 6.85. The maximum atomic E-state index is 12.1. The zero-order chi connectivity index (χ0) is 15.5. The number of benzene rings is 1. The number of aromatic hydroxyl groups is 1. The van der Waals surface area contributed by atoms with Crippen LogP contribution in [0, 0.1) is 0 Å². The molecule has 0 saturated carbocycles. The second-order valence-corrected chi connectivity index (χ2v) is 5.35. The van der Waals surface area contributed by atoms with E-state index in [2.05, 4.69) is 14.9 Å². The lowest BCUT2D eigenvalue weighted by Crippen LogP contribution is -2.26. The van der Waals surface area contributed by atoms with E-state index in [0.29, 0.717) is 17.6 Å². The fraction of sp³-hybridized carbons (Fsp3) is 0.250. The van der Waals surface area contributed by atoms with Gasteiger partial charge in [-0.05, 0) is 18.2 Å². The van der Waals surface area contributed by atoms with Crippen LogP contribution in [0.3, 0.4) is 0 Å². The first-order valence-electron chi connectivity index (χ1n) is 7.23. The highest BCUT2D eigenvalue weighted by atomic mass is 16.3. The predicted octanol–water partition coefficient (Wildman–Crippen LogP) is 1.32. The Balaban J connectivity index is 1.55. The number of carbonyl (C=O) groups is 1. The van der Waals surface area contributed by atoms with E-state index in [4.69, 9.17) is 0 Å². The molecule has 1 aromatic carbocycles. The molecule has 114 valence electrons. The van der Waals surface area contributed by atoms with Crippen molar-refractivity contribution < 1.29 is 14.5 Å². The van der Waals surface area contributed by atoms with Crippen molar-refractivity contribution in [2.45, 2.75) is 13.0 Å². The summed E-state index contributed by atoms with van der Waals surface area (Å²) in [5.41, 5.74) is 1.22. The smallest absolute Gasteiger partial charge is 0.267 e. The molecule has 22 heavy (non-hydrogen) atoms. The van der Waals surface area contributed by atoms with Gasteiger partial charge in [-0.1, -0.05) is 6.07 Å². The molecule has 2 heterocycles. The van der Waals surface area contributed by atoms with Crippen LogP contribution in [0.25, 0.3) is 10.9 Å². The lowest BCUT2D eigenvalue weighted by atomic mass is 10.2. The lowest BCUT2D eigenvalue weighted by molar-refractivity contribution is -0.671. The van der Waals surface area contributed by atoms with E-state index in [-0.39, 0.29) is 11.7 Å². The number of rotatable bonds is 5. The molecular weight excluding hydrogens is 280 g/mol. The molecule has 3 rings (SSSR count). The molecule has 2 aromatic heterocycles. The molecule has 6 heteroatoms. The van der Waals surface area contributed by atoms with Gasteiger partial charge in [0.25, 0.3) is 5.91 Å². The predicted molar refractivity (Wildman–Crippen MR) is 82.5 cm³/mol. The van der Waals surface area contributed by atoms with Gasteiger partial charge in [0, 0.05) is 23.9 Å². The van der Waals surface area contributed by atoms with E-state index in [1.165, 1.54) is 0 Å². The van der Waals surface area contributed by atoms with Gasteiger partial charge in [0.2, 0.25) is 6.33 Å². The van der Waals surface area contributed by atoms with Crippen LogP contribution in [-0.2, 0) is 13.6 Å². The molecule has 0 aliphatic rings. The molecule has 0 fully saturated rings. The Bertz CT molecular complexity index is 803. The van der Waals surface area contributed by atoms with E-state index >= 15 is 0 Å². The highest BCUT2D eigenvalue weighted by Gasteiger charge is 2.11. The van der Waals surface area contributed by atoms with Crippen LogP contribution in [0.2, 0.25) is 0 Å². The first-order valence-corrected chi connectivity index (χ1v) is 7.23. The summed E-state index contributed by atoms with van der Waals surface area (Å²) in [4.78, 5) is 15.1. The molecule has 0 radical (unpaired) electrons. The van der Waals surface area contributed by atoms with Gasteiger partial charge in [-0.25, -0.2) is 9.13 Å². The van der Waals surface area contributed by atoms with Gasteiger partial charge in [-0.2, -0.15) is 0 Å². The molecule has 0 bridgehead atoms. The Morgan fingerprint density at radius 2 is 2.32 bits per heavy atom. The maximum Gasteiger partial charge on any atom is 0.267 e. The fourth-order valence-electron chi connectivity index (χ4n) is 2.45. The third-order valence-corrected chi connectivity index (χ3v) is 3.59. The molecule has 0 atom stereocenters. The number of aromatic amines is 1. The van der Waals surface area contributed by atoms with Crippen LogP contribution in [0.5, 0.6) is 5.75 Å². The Labute approximate surface area is 128 Å². The van der Waals surface area contributed by atoms with Crippen molar-refractivity contribution >= 4 is 16.8 Å². The number of nitrogens with zero attached hydrogens (tertiary/aromatic N) is 2. The number of aryl methyl sites for hydroxylation is 2. The van der Waals surface area contributed by atoms with Gasteiger partial charge < -0.3 is 15.4 Å². The number of hydrogen-bond donors (Lipinski definition) is 3. The largest absolute Gasteiger partial charge is 0.507 e. The molecule has 3 aromatic rings. The van der Waals surface area contributed by atoms with Crippen molar-refractivity contribution in [1.29, 1.82) is 0 Å². The molecule has 3 N–H and O–H groups in total. The Hall–Kier alpha value is -2.76. The van der Waals surface area contributed by atoms with Crippen LogP contribution in [0.1, 0.15) is 16.9 Å². The van der Waals surface area contributed by atoms with E-state index in [1.54, 1.807) is 18.2 Å². The van der Waals surface area contributed by atoms with Gasteiger partial charge >= 0.3 is 0 Å². The number of amides is 1. The Kier molecular flexibility index (Phi) is 3.82. The number of aromatic nitrogens is 3. The van der Waals surface area contributed by atoms with Crippen molar-refractivity contribution in [1.82, 2.24) is 14.9 Å². The number of phenols is 1. The fourth-order valence-corrected chi connectivity index (χ4v) is 2.45. The van der Waals surface area contributed by atoms with Crippen LogP contribution < -0.4 is 9.88 Å². The van der Waals surface area contributed by atoms with Crippen molar-refractivity contribution in [2.75, 3.05) is 6.54 Å². The minimum absolute atomic E-state index is 0.159. The van der Waals surface area contributed by atoms with Gasteiger partial charge in [-0.15, -0.1) is 0 Å². The normalized spacial score (nSPS) is 11.0. The zero-order valence-corrected chi connectivity index (χ0v) is 12.4. The molecule has 6 nitrogen and oxygen atoms in total. The molecule has 1 amide bonds. The second kappa shape index (κ2) is 5.93. The highest BCUT2D eigenvalue weighted by molar-refractivity contribution is 5.99. The van der Waals surface area contributed by atoms with Crippen molar-refractivity contribution in [2.24, 2.45) is 7.05 Å². The Morgan fingerprint density at radius 3 is 3.05 bits per heavy atom. The van der Waals surface area contributed by atoms with Gasteiger partial charge in [-0.3, -0.25) is 4.79 Å². The van der Waals surface area contributed by atoms with Gasteiger partial charge in [0.1, 0.15) is 23.8 Å². The summed E-state index contributed by atoms with van der Waals surface area (Å²) in [6.07, 6.45) is 6.84. The molecular formula is C16H19N4O2+. The average Bonchev–Trinajstić information content (AvgIpc) is 3.10. The van der Waals surface area contributed by atoms with E-state index in [1.807, 2.05) is 36.4 Å². The van der Waals surface area contributed by atoms with Crippen molar-refractivity contribution in [3.63, 3.8) is 0 Å². The molecule has 0 aliphatic heterocycles. The van der Waals surface area contributed by atoms with Crippen LogP contribution in [0.4, 0.5) is 0 Å². The molecule has 0 unspecified atom stereocenters. The summed E-state index contributed by atoms with van der Waals surface area (Å²) < 4.78 is 4.06. The number of imidazole rings is 1. The van der Waals surface area contributed by atoms with Crippen molar-refractivity contribution in [3.05, 3.63) is 48.7 Å². The number of phenolic OH excluding ortho intramolecular Hbond substituents is 1. The number of carbonyl (C=O) groups excluding carboxylic acids is 1. The second-order valence-electron chi connectivity index (χ2n) is 5.35. The summed E-state index contributed by atoms with van der Waals surface area (Å²) in [5.74, 6) is 0.0157. The number of fused-ring (bicyclic) bond motifs is 1. The van der Waals surface area contributed by atoms with Crippen molar-refractivity contribution in [3.8, 4) is 5.75 Å².